The first-order valence-corrected chi connectivity index (χ1v) is 10.7. The zero-order chi connectivity index (χ0) is 21.7. The average molecular weight is 409 g/mol. The molecule has 30 heavy (non-hydrogen) atoms. The van der Waals surface area contributed by atoms with Gasteiger partial charge in [-0.25, -0.2) is 0 Å². The Balaban J connectivity index is 1.62. The van der Waals surface area contributed by atoms with Gasteiger partial charge >= 0.3 is 0 Å². The topological polar surface area (TPSA) is 58.6 Å². The highest BCUT2D eigenvalue weighted by molar-refractivity contribution is 5.88. The lowest BCUT2D eigenvalue weighted by molar-refractivity contribution is -0.142. The van der Waals surface area contributed by atoms with E-state index < -0.39 is 6.04 Å². The van der Waals surface area contributed by atoms with Crippen molar-refractivity contribution in [3.05, 3.63) is 64.7 Å². The molecule has 160 valence electrons. The second kappa shape index (κ2) is 9.79. The van der Waals surface area contributed by atoms with Gasteiger partial charge in [-0.3, -0.25) is 9.59 Å². The Morgan fingerprint density at radius 1 is 1.10 bits per heavy atom. The average Bonchev–Trinajstić information content (AvgIpc) is 2.69. The van der Waals surface area contributed by atoms with Gasteiger partial charge in [0.2, 0.25) is 11.8 Å². The first-order valence-electron chi connectivity index (χ1n) is 10.7. The van der Waals surface area contributed by atoms with E-state index in [4.69, 9.17) is 4.74 Å². The summed E-state index contributed by atoms with van der Waals surface area (Å²) in [6, 6.07) is 13.6. The van der Waals surface area contributed by atoms with Crippen LogP contribution in [0, 0.1) is 19.8 Å². The molecule has 1 N–H and O–H groups in total. The standard InChI is InChI=1S/C25H32N2O3/c1-17(2)11-24(28)27-16-21-8-6-5-7-20(21)15-23(27)25(29)26-9-10-30-22-13-18(3)12-19(4)14-22/h5-8,12-14,17,23H,9-11,15-16H2,1-4H3,(H,26,29). The van der Waals surface area contributed by atoms with E-state index in [0.717, 1.165) is 28.0 Å². The van der Waals surface area contributed by atoms with Crippen LogP contribution < -0.4 is 10.1 Å². The molecule has 0 spiro atoms. The van der Waals surface area contributed by atoms with E-state index in [1.165, 1.54) is 0 Å². The molecule has 3 rings (SSSR count). The van der Waals surface area contributed by atoms with E-state index in [2.05, 4.69) is 11.4 Å². The number of carbonyl (C=O) groups excluding carboxylic acids is 2. The molecule has 0 aliphatic carbocycles. The van der Waals surface area contributed by atoms with Crippen molar-refractivity contribution in [2.75, 3.05) is 13.2 Å². The van der Waals surface area contributed by atoms with Gasteiger partial charge in [-0.05, 0) is 54.2 Å². The largest absolute Gasteiger partial charge is 0.492 e. The highest BCUT2D eigenvalue weighted by Gasteiger charge is 2.34. The Labute approximate surface area is 179 Å². The first-order chi connectivity index (χ1) is 14.3. The number of ether oxygens (including phenoxy) is 1. The first kappa shape index (κ1) is 21.9. The van der Waals surface area contributed by atoms with Crippen molar-refractivity contribution in [2.45, 2.75) is 53.1 Å². The molecule has 2 aromatic carbocycles. The number of benzene rings is 2. The lowest BCUT2D eigenvalue weighted by Gasteiger charge is -2.36. The quantitative estimate of drug-likeness (QED) is 0.709. The summed E-state index contributed by atoms with van der Waals surface area (Å²) in [4.78, 5) is 27.5. The van der Waals surface area contributed by atoms with E-state index in [9.17, 15) is 9.59 Å². The van der Waals surface area contributed by atoms with Crippen molar-refractivity contribution >= 4 is 11.8 Å². The van der Waals surface area contributed by atoms with Crippen molar-refractivity contribution in [2.24, 2.45) is 5.92 Å². The van der Waals surface area contributed by atoms with Crippen LogP contribution in [0.1, 0.15) is 42.5 Å². The molecule has 0 aromatic heterocycles. The molecule has 0 fully saturated rings. The number of aryl methyl sites for hydroxylation is 2. The van der Waals surface area contributed by atoms with Crippen molar-refractivity contribution in [3.63, 3.8) is 0 Å². The second-order valence-corrected chi connectivity index (χ2v) is 8.57. The lowest BCUT2D eigenvalue weighted by atomic mass is 9.92. The molecule has 1 aliphatic rings. The maximum absolute atomic E-state index is 13.0. The van der Waals surface area contributed by atoms with Crippen LogP contribution in [0.4, 0.5) is 0 Å². The summed E-state index contributed by atoms with van der Waals surface area (Å²) in [6.07, 6.45) is 0.992. The van der Waals surface area contributed by atoms with Crippen LogP contribution >= 0.6 is 0 Å². The Kier molecular flexibility index (Phi) is 7.14. The van der Waals surface area contributed by atoms with Crippen LogP contribution in [0.2, 0.25) is 0 Å². The summed E-state index contributed by atoms with van der Waals surface area (Å²) in [5, 5.41) is 2.96. The van der Waals surface area contributed by atoms with Crippen LogP contribution in [0.5, 0.6) is 5.75 Å². The van der Waals surface area contributed by atoms with Crippen LogP contribution in [0.25, 0.3) is 0 Å². The molecule has 1 unspecified atom stereocenters. The van der Waals surface area contributed by atoms with Crippen molar-refractivity contribution < 1.29 is 14.3 Å². The third kappa shape index (κ3) is 5.62. The van der Waals surface area contributed by atoms with Gasteiger partial charge in [0.1, 0.15) is 18.4 Å². The molecule has 5 nitrogen and oxygen atoms in total. The van der Waals surface area contributed by atoms with Gasteiger partial charge in [0.25, 0.3) is 0 Å². The third-order valence-corrected chi connectivity index (χ3v) is 5.32. The monoisotopic (exact) mass is 408 g/mol. The molecule has 2 amide bonds. The molecule has 0 bridgehead atoms. The number of rotatable bonds is 7. The van der Waals surface area contributed by atoms with E-state index in [0.29, 0.717) is 32.5 Å². The number of hydrogen-bond acceptors (Lipinski definition) is 3. The molecule has 1 aliphatic heterocycles. The number of nitrogens with one attached hydrogen (secondary N) is 1. The van der Waals surface area contributed by atoms with Gasteiger partial charge in [-0.1, -0.05) is 44.2 Å². The number of amides is 2. The molecule has 0 radical (unpaired) electrons. The minimum absolute atomic E-state index is 0.0335. The fraction of sp³-hybridized carbons (Fsp3) is 0.440. The zero-order valence-corrected chi connectivity index (χ0v) is 18.4. The SMILES string of the molecule is Cc1cc(C)cc(OCCNC(=O)C2Cc3ccccc3CN2C(=O)CC(C)C)c1. The molecule has 0 saturated carbocycles. The third-order valence-electron chi connectivity index (χ3n) is 5.32. The number of fused-ring (bicyclic) bond motifs is 1. The van der Waals surface area contributed by atoms with Crippen molar-refractivity contribution in [1.29, 1.82) is 0 Å². The Morgan fingerprint density at radius 2 is 1.77 bits per heavy atom. The predicted octanol–water partition coefficient (Wildman–Crippen LogP) is 3.80. The smallest absolute Gasteiger partial charge is 0.243 e. The van der Waals surface area contributed by atoms with Crippen LogP contribution in [0.3, 0.4) is 0 Å². The maximum atomic E-state index is 13.0. The lowest BCUT2D eigenvalue weighted by Crippen LogP contribution is -2.53. The van der Waals surface area contributed by atoms with Gasteiger partial charge in [0, 0.05) is 19.4 Å². The molecular formula is C25H32N2O3. The summed E-state index contributed by atoms with van der Waals surface area (Å²) in [5.41, 5.74) is 4.55. The second-order valence-electron chi connectivity index (χ2n) is 8.57. The van der Waals surface area contributed by atoms with Gasteiger partial charge in [0.05, 0.1) is 6.54 Å². The van der Waals surface area contributed by atoms with Crippen LogP contribution in [-0.4, -0.2) is 35.9 Å². The van der Waals surface area contributed by atoms with E-state index in [1.54, 1.807) is 4.90 Å². The van der Waals surface area contributed by atoms with Gasteiger partial charge in [-0.2, -0.15) is 0 Å². The maximum Gasteiger partial charge on any atom is 0.243 e. The van der Waals surface area contributed by atoms with E-state index >= 15 is 0 Å². The molecular weight excluding hydrogens is 376 g/mol. The summed E-state index contributed by atoms with van der Waals surface area (Å²) in [6.45, 7) is 9.38. The van der Waals surface area contributed by atoms with E-state index in [-0.39, 0.29) is 17.7 Å². The normalized spacial score (nSPS) is 15.6. The number of carbonyl (C=O) groups is 2. The molecule has 0 saturated heterocycles. The predicted molar refractivity (Wildman–Crippen MR) is 118 cm³/mol. The minimum Gasteiger partial charge on any atom is -0.492 e. The fourth-order valence-electron chi connectivity index (χ4n) is 3.96. The highest BCUT2D eigenvalue weighted by Crippen LogP contribution is 2.25. The van der Waals surface area contributed by atoms with Crippen molar-refractivity contribution in [1.82, 2.24) is 10.2 Å². The number of hydrogen-bond donors (Lipinski definition) is 1. The highest BCUT2D eigenvalue weighted by atomic mass is 16.5. The summed E-state index contributed by atoms with van der Waals surface area (Å²) in [5.74, 6) is 0.975. The Morgan fingerprint density at radius 3 is 2.43 bits per heavy atom. The molecule has 2 aromatic rings. The molecule has 1 atom stereocenters. The Bertz CT molecular complexity index is 887. The van der Waals surface area contributed by atoms with Crippen LogP contribution in [0.15, 0.2) is 42.5 Å². The van der Waals surface area contributed by atoms with Crippen LogP contribution in [-0.2, 0) is 22.6 Å². The molecule has 5 heteroatoms. The molecule has 1 heterocycles. The minimum atomic E-state index is -0.479. The summed E-state index contributed by atoms with van der Waals surface area (Å²) in [7, 11) is 0. The fourth-order valence-corrected chi connectivity index (χ4v) is 3.96. The zero-order valence-electron chi connectivity index (χ0n) is 18.4. The van der Waals surface area contributed by atoms with E-state index in [1.807, 2.05) is 64.1 Å². The summed E-state index contributed by atoms with van der Waals surface area (Å²) >= 11 is 0. The summed E-state index contributed by atoms with van der Waals surface area (Å²) < 4.78 is 5.79. The van der Waals surface area contributed by atoms with Gasteiger partial charge in [-0.15, -0.1) is 0 Å². The van der Waals surface area contributed by atoms with Gasteiger partial charge in [0.15, 0.2) is 0 Å². The van der Waals surface area contributed by atoms with Gasteiger partial charge < -0.3 is 15.0 Å². The van der Waals surface area contributed by atoms with Crippen molar-refractivity contribution in [3.8, 4) is 5.75 Å². The number of nitrogens with zero attached hydrogens (tertiary/aromatic N) is 1. The Hall–Kier alpha value is -2.82.